The fraction of sp³-hybridized carbons (Fsp3) is 0.462. The summed E-state index contributed by atoms with van der Waals surface area (Å²) in [5.41, 5.74) is 6.79. The third-order valence-corrected chi connectivity index (χ3v) is 3.38. The van der Waals surface area contributed by atoms with E-state index >= 15 is 0 Å². The van der Waals surface area contributed by atoms with Crippen LogP contribution in [0.15, 0.2) is 24.3 Å². The lowest BCUT2D eigenvalue weighted by atomic mass is 9.90. The van der Waals surface area contributed by atoms with E-state index in [1.54, 1.807) is 0 Å². The Hall–Kier alpha value is -1.55. The topological polar surface area (TPSA) is 64.3 Å². The van der Waals surface area contributed by atoms with Gasteiger partial charge in [-0.25, -0.2) is 0 Å². The second-order valence-corrected chi connectivity index (χ2v) is 4.59. The number of anilines is 1. The number of hydrogen-bond donors (Lipinski definition) is 2. The van der Waals surface area contributed by atoms with Gasteiger partial charge in [0.05, 0.1) is 6.10 Å². The molecule has 4 nitrogen and oxygen atoms in total. The molecule has 1 aromatic rings. The minimum Gasteiger partial charge on any atom is -0.375 e. The number of carbonyl (C=O) groups is 1. The maximum absolute atomic E-state index is 11.7. The van der Waals surface area contributed by atoms with E-state index in [0.717, 1.165) is 11.3 Å². The smallest absolute Gasteiger partial charge is 0.245 e. The summed E-state index contributed by atoms with van der Waals surface area (Å²) in [6, 6.07) is 7.89. The largest absolute Gasteiger partial charge is 0.375 e. The van der Waals surface area contributed by atoms with Gasteiger partial charge in [0.15, 0.2) is 0 Å². The van der Waals surface area contributed by atoms with Gasteiger partial charge in [-0.15, -0.1) is 0 Å². The van der Waals surface area contributed by atoms with Crippen LogP contribution in [0.1, 0.15) is 18.9 Å². The number of carbonyl (C=O) groups excluding carboxylic acids is 1. The van der Waals surface area contributed by atoms with Crippen LogP contribution in [0.3, 0.4) is 0 Å². The second-order valence-electron chi connectivity index (χ2n) is 4.59. The van der Waals surface area contributed by atoms with Gasteiger partial charge in [-0.3, -0.25) is 4.79 Å². The molecule has 1 saturated heterocycles. The Kier molecular flexibility index (Phi) is 3.07. The zero-order valence-electron chi connectivity index (χ0n) is 10.2. The number of nitrogens with one attached hydrogen (secondary N) is 1. The highest BCUT2D eigenvalue weighted by Crippen LogP contribution is 2.30. The number of nitrogens with two attached hydrogens (primary N) is 1. The molecule has 1 aromatic carbocycles. The number of aryl methyl sites for hydroxylation is 1. The van der Waals surface area contributed by atoms with E-state index < -0.39 is 5.54 Å². The van der Waals surface area contributed by atoms with Crippen molar-refractivity contribution in [3.63, 3.8) is 0 Å². The van der Waals surface area contributed by atoms with Crippen molar-refractivity contribution < 1.29 is 9.53 Å². The van der Waals surface area contributed by atoms with Crippen LogP contribution in [-0.4, -0.2) is 24.2 Å². The zero-order valence-corrected chi connectivity index (χ0v) is 10.2. The lowest BCUT2D eigenvalue weighted by molar-refractivity contribution is -0.123. The number of amides is 1. The first kappa shape index (κ1) is 11.9. The summed E-state index contributed by atoms with van der Waals surface area (Å²) in [5, 5.41) is 3.24. The van der Waals surface area contributed by atoms with Gasteiger partial charge in [0, 0.05) is 18.7 Å². The lowest BCUT2D eigenvalue weighted by Gasteiger charge is -2.31. The summed E-state index contributed by atoms with van der Waals surface area (Å²) in [7, 11) is 0. The molecular weight excluding hydrogens is 216 g/mol. The molecule has 1 aliphatic rings. The van der Waals surface area contributed by atoms with Gasteiger partial charge in [0.2, 0.25) is 5.91 Å². The normalized spacial score (nSPS) is 28.0. The van der Waals surface area contributed by atoms with Gasteiger partial charge < -0.3 is 15.8 Å². The molecule has 1 aliphatic heterocycles. The fourth-order valence-corrected chi connectivity index (χ4v) is 2.27. The van der Waals surface area contributed by atoms with Crippen LogP contribution in [0, 0.1) is 6.92 Å². The molecule has 0 bridgehead atoms. The van der Waals surface area contributed by atoms with E-state index in [1.807, 2.05) is 38.1 Å². The van der Waals surface area contributed by atoms with E-state index in [2.05, 4.69) is 5.32 Å². The van der Waals surface area contributed by atoms with Crippen molar-refractivity contribution in [2.75, 3.05) is 11.9 Å². The number of hydrogen-bond acceptors (Lipinski definition) is 3. The minimum atomic E-state index is -0.784. The Morgan fingerprint density at radius 2 is 2.35 bits per heavy atom. The van der Waals surface area contributed by atoms with Crippen LogP contribution in [0.25, 0.3) is 0 Å². The van der Waals surface area contributed by atoms with Crippen molar-refractivity contribution in [1.82, 2.24) is 0 Å². The highest BCUT2D eigenvalue weighted by atomic mass is 16.5. The first-order chi connectivity index (χ1) is 8.04. The van der Waals surface area contributed by atoms with Gasteiger partial charge in [0.25, 0.3) is 0 Å². The molecule has 0 aliphatic carbocycles. The summed E-state index contributed by atoms with van der Waals surface area (Å²) >= 11 is 0. The third kappa shape index (κ3) is 2.13. The van der Waals surface area contributed by atoms with Gasteiger partial charge in [-0.05, 0) is 31.5 Å². The lowest BCUT2D eigenvalue weighted by Crippen LogP contribution is -2.55. The standard InChI is InChI=1S/C13H18N2O2/c1-9-4-3-5-11(8-9)15-13(12(14)16)6-7-17-10(13)2/h3-5,8,10,15H,6-7H2,1-2H3,(H2,14,16). The molecular formula is C13H18N2O2. The van der Waals surface area contributed by atoms with Crippen LogP contribution in [-0.2, 0) is 9.53 Å². The van der Waals surface area contributed by atoms with Crippen molar-refractivity contribution in [3.8, 4) is 0 Å². The maximum Gasteiger partial charge on any atom is 0.245 e. The van der Waals surface area contributed by atoms with E-state index in [1.165, 1.54) is 0 Å². The summed E-state index contributed by atoms with van der Waals surface area (Å²) in [6.07, 6.45) is 0.401. The molecule has 17 heavy (non-hydrogen) atoms. The van der Waals surface area contributed by atoms with Crippen LogP contribution in [0.5, 0.6) is 0 Å². The van der Waals surface area contributed by atoms with Crippen LogP contribution in [0.4, 0.5) is 5.69 Å². The highest BCUT2D eigenvalue weighted by molar-refractivity contribution is 5.89. The van der Waals surface area contributed by atoms with Crippen molar-refractivity contribution >= 4 is 11.6 Å². The van der Waals surface area contributed by atoms with Gasteiger partial charge in [0.1, 0.15) is 5.54 Å². The van der Waals surface area contributed by atoms with E-state index in [-0.39, 0.29) is 12.0 Å². The summed E-state index contributed by atoms with van der Waals surface area (Å²) in [6.45, 7) is 4.44. The number of rotatable bonds is 3. The van der Waals surface area contributed by atoms with Crippen molar-refractivity contribution in [3.05, 3.63) is 29.8 Å². The number of ether oxygens (including phenoxy) is 1. The molecule has 1 fully saturated rings. The molecule has 0 spiro atoms. The SMILES string of the molecule is Cc1cccc(NC2(C(N)=O)CCOC2C)c1. The third-order valence-electron chi connectivity index (χ3n) is 3.38. The predicted octanol–water partition coefficient (Wildman–Crippen LogP) is 1.44. The maximum atomic E-state index is 11.7. The molecule has 2 unspecified atom stereocenters. The number of benzene rings is 1. The van der Waals surface area contributed by atoms with Crippen molar-refractivity contribution in [1.29, 1.82) is 0 Å². The average molecular weight is 234 g/mol. The average Bonchev–Trinajstić information content (AvgIpc) is 2.61. The van der Waals surface area contributed by atoms with Gasteiger partial charge in [-0.2, -0.15) is 0 Å². The first-order valence-electron chi connectivity index (χ1n) is 5.81. The fourth-order valence-electron chi connectivity index (χ4n) is 2.27. The molecule has 3 N–H and O–H groups in total. The van der Waals surface area contributed by atoms with Crippen LogP contribution in [0.2, 0.25) is 0 Å². The van der Waals surface area contributed by atoms with E-state index in [0.29, 0.717) is 13.0 Å². The Morgan fingerprint density at radius 1 is 1.59 bits per heavy atom. The van der Waals surface area contributed by atoms with E-state index in [9.17, 15) is 4.79 Å². The van der Waals surface area contributed by atoms with Crippen molar-refractivity contribution in [2.45, 2.75) is 31.9 Å². The minimum absolute atomic E-state index is 0.208. The molecule has 2 atom stereocenters. The molecule has 92 valence electrons. The molecule has 2 rings (SSSR count). The summed E-state index contributed by atoms with van der Waals surface area (Å²) < 4.78 is 5.47. The highest BCUT2D eigenvalue weighted by Gasteiger charge is 2.46. The van der Waals surface area contributed by atoms with Crippen LogP contribution >= 0.6 is 0 Å². The zero-order chi connectivity index (χ0) is 12.5. The molecule has 0 radical (unpaired) electrons. The first-order valence-corrected chi connectivity index (χ1v) is 5.81. The Morgan fingerprint density at radius 3 is 2.88 bits per heavy atom. The monoisotopic (exact) mass is 234 g/mol. The predicted molar refractivity (Wildman–Crippen MR) is 66.8 cm³/mol. The quantitative estimate of drug-likeness (QED) is 0.831. The molecule has 0 aromatic heterocycles. The Balaban J connectivity index is 2.28. The molecule has 0 saturated carbocycles. The van der Waals surface area contributed by atoms with Crippen LogP contribution < -0.4 is 11.1 Å². The molecule has 4 heteroatoms. The Bertz CT molecular complexity index is 433. The number of primary amides is 1. The van der Waals surface area contributed by atoms with E-state index in [4.69, 9.17) is 10.5 Å². The molecule has 1 amide bonds. The second kappa shape index (κ2) is 4.37. The summed E-state index contributed by atoms with van der Waals surface area (Å²) in [4.78, 5) is 11.7. The Labute approximate surface area is 101 Å². The summed E-state index contributed by atoms with van der Waals surface area (Å²) in [5.74, 6) is -0.357. The molecule has 1 heterocycles. The van der Waals surface area contributed by atoms with Gasteiger partial charge >= 0.3 is 0 Å². The van der Waals surface area contributed by atoms with Gasteiger partial charge in [-0.1, -0.05) is 12.1 Å². The van der Waals surface area contributed by atoms with Crippen molar-refractivity contribution in [2.24, 2.45) is 5.73 Å².